The van der Waals surface area contributed by atoms with Gasteiger partial charge in [0.2, 0.25) is 0 Å². The molecule has 0 aliphatic heterocycles. The van der Waals surface area contributed by atoms with Crippen molar-refractivity contribution >= 4 is 17.0 Å². The van der Waals surface area contributed by atoms with Gasteiger partial charge < -0.3 is 9.42 Å². The Labute approximate surface area is 160 Å². The minimum atomic E-state index is -4.39. The minimum absolute atomic E-state index is 0.0848. The van der Waals surface area contributed by atoms with Crippen LogP contribution < -0.4 is 0 Å². The summed E-state index contributed by atoms with van der Waals surface area (Å²) in [6, 6.07) is 6.50. The summed E-state index contributed by atoms with van der Waals surface area (Å²) in [7, 11) is 1.60. The van der Waals surface area contributed by atoms with Crippen molar-refractivity contribution in [3.63, 3.8) is 0 Å². The van der Waals surface area contributed by atoms with Gasteiger partial charge in [-0.05, 0) is 36.6 Å². The minimum Gasteiger partial charge on any atom is -0.337 e. The van der Waals surface area contributed by atoms with E-state index >= 15 is 0 Å². The summed E-state index contributed by atoms with van der Waals surface area (Å²) < 4.78 is 43.3. The van der Waals surface area contributed by atoms with E-state index in [-0.39, 0.29) is 18.4 Å². The monoisotopic (exact) mass is 391 g/mol. The van der Waals surface area contributed by atoms with Crippen LogP contribution in [0.1, 0.15) is 52.6 Å². The van der Waals surface area contributed by atoms with E-state index in [0.717, 1.165) is 12.1 Å². The molecule has 0 fully saturated rings. The summed E-state index contributed by atoms with van der Waals surface area (Å²) in [6.45, 7) is 5.81. The van der Waals surface area contributed by atoms with Crippen molar-refractivity contribution in [3.05, 3.63) is 58.4 Å². The fraction of sp³-hybridized carbons (Fsp3) is 0.350. The zero-order valence-electron chi connectivity index (χ0n) is 16.0. The van der Waals surface area contributed by atoms with Gasteiger partial charge in [-0.2, -0.15) is 13.2 Å². The molecule has 2 heterocycles. The quantitative estimate of drug-likeness (QED) is 0.632. The lowest BCUT2D eigenvalue weighted by atomic mass is 10.0. The number of aromatic nitrogens is 2. The van der Waals surface area contributed by atoms with Gasteiger partial charge in [-0.3, -0.25) is 4.79 Å². The predicted molar refractivity (Wildman–Crippen MR) is 97.9 cm³/mol. The molecule has 1 amide bonds. The second-order valence-corrected chi connectivity index (χ2v) is 7.05. The average molecular weight is 391 g/mol. The van der Waals surface area contributed by atoms with Gasteiger partial charge in [0.05, 0.1) is 22.2 Å². The maximum absolute atomic E-state index is 13.1. The molecule has 1 aromatic carbocycles. The van der Waals surface area contributed by atoms with E-state index in [0.29, 0.717) is 33.6 Å². The molecule has 2 aromatic heterocycles. The molecule has 0 N–H and O–H groups in total. The second kappa shape index (κ2) is 7.26. The van der Waals surface area contributed by atoms with E-state index in [9.17, 15) is 18.0 Å². The highest BCUT2D eigenvalue weighted by Crippen LogP contribution is 2.30. The third-order valence-corrected chi connectivity index (χ3v) is 4.51. The predicted octanol–water partition coefficient (Wildman–Crippen LogP) is 4.95. The largest absolute Gasteiger partial charge is 0.416 e. The highest BCUT2D eigenvalue weighted by molar-refractivity contribution is 6.05. The molecule has 0 saturated heterocycles. The van der Waals surface area contributed by atoms with Crippen molar-refractivity contribution in [1.29, 1.82) is 0 Å². The number of alkyl halides is 3. The van der Waals surface area contributed by atoms with Crippen LogP contribution in [0.3, 0.4) is 0 Å². The summed E-state index contributed by atoms with van der Waals surface area (Å²) in [5, 5.41) is 4.45. The summed E-state index contributed by atoms with van der Waals surface area (Å²) >= 11 is 0. The van der Waals surface area contributed by atoms with Crippen molar-refractivity contribution in [2.45, 2.75) is 39.4 Å². The molecule has 5 nitrogen and oxygen atoms in total. The zero-order valence-corrected chi connectivity index (χ0v) is 16.0. The van der Waals surface area contributed by atoms with Gasteiger partial charge in [0, 0.05) is 19.3 Å². The number of carbonyl (C=O) groups is 1. The number of nitrogens with zero attached hydrogens (tertiary/aromatic N) is 3. The van der Waals surface area contributed by atoms with Crippen LogP contribution in [0.15, 0.2) is 34.9 Å². The first-order chi connectivity index (χ1) is 13.1. The standard InChI is InChI=1S/C20H20F3N3O2/c1-11(2)16-9-15(17-12(3)25-28-18(17)24-16)19(27)26(4)10-13-5-7-14(8-6-13)20(21,22)23/h5-9,11H,10H2,1-4H3. The maximum Gasteiger partial charge on any atom is 0.416 e. The topological polar surface area (TPSA) is 59.2 Å². The van der Waals surface area contributed by atoms with Gasteiger partial charge in [-0.25, -0.2) is 4.98 Å². The van der Waals surface area contributed by atoms with E-state index in [2.05, 4.69) is 10.1 Å². The molecule has 0 saturated carbocycles. The number of halogens is 3. The summed E-state index contributed by atoms with van der Waals surface area (Å²) in [5.74, 6) is -0.193. The van der Waals surface area contributed by atoms with Crippen LogP contribution >= 0.6 is 0 Å². The normalized spacial score (nSPS) is 12.0. The third kappa shape index (κ3) is 3.85. The summed E-state index contributed by atoms with van der Waals surface area (Å²) in [4.78, 5) is 18.9. The van der Waals surface area contributed by atoms with Crippen LogP contribution in [-0.2, 0) is 12.7 Å². The lowest BCUT2D eigenvalue weighted by Gasteiger charge is -2.19. The molecule has 8 heteroatoms. The number of rotatable bonds is 4. The molecule has 0 aliphatic carbocycles. The molecule has 0 radical (unpaired) electrons. The molecule has 0 atom stereocenters. The Morgan fingerprint density at radius 3 is 2.43 bits per heavy atom. The lowest BCUT2D eigenvalue weighted by Crippen LogP contribution is -2.26. The number of amides is 1. The van der Waals surface area contributed by atoms with Gasteiger partial charge >= 0.3 is 6.18 Å². The molecule has 28 heavy (non-hydrogen) atoms. The third-order valence-electron chi connectivity index (χ3n) is 4.51. The Hall–Kier alpha value is -2.90. The van der Waals surface area contributed by atoms with Crippen molar-refractivity contribution in [2.75, 3.05) is 7.05 Å². The van der Waals surface area contributed by atoms with Crippen LogP contribution in [0.4, 0.5) is 13.2 Å². The number of benzene rings is 1. The van der Waals surface area contributed by atoms with Crippen LogP contribution in [0, 0.1) is 6.92 Å². The van der Waals surface area contributed by atoms with Crippen LogP contribution in [0.5, 0.6) is 0 Å². The second-order valence-electron chi connectivity index (χ2n) is 7.05. The Bertz CT molecular complexity index is 1010. The van der Waals surface area contributed by atoms with Crippen molar-refractivity contribution < 1.29 is 22.5 Å². The zero-order chi connectivity index (χ0) is 20.6. The fourth-order valence-electron chi connectivity index (χ4n) is 2.93. The average Bonchev–Trinajstić information content (AvgIpc) is 3.01. The lowest BCUT2D eigenvalue weighted by molar-refractivity contribution is -0.137. The number of hydrogen-bond donors (Lipinski definition) is 0. The SMILES string of the molecule is Cc1noc2nc(C(C)C)cc(C(=O)N(C)Cc3ccc(C(F)(F)F)cc3)c12. The number of carbonyl (C=O) groups excluding carboxylic acids is 1. The molecule has 3 rings (SSSR count). The molecular formula is C20H20F3N3O2. The van der Waals surface area contributed by atoms with Crippen molar-refractivity contribution in [3.8, 4) is 0 Å². The van der Waals surface area contributed by atoms with Gasteiger partial charge in [0.15, 0.2) is 0 Å². The van der Waals surface area contributed by atoms with Crippen LogP contribution in [0.25, 0.3) is 11.1 Å². The number of fused-ring (bicyclic) bond motifs is 1. The Morgan fingerprint density at radius 2 is 1.86 bits per heavy atom. The van der Waals surface area contributed by atoms with Gasteiger partial charge in [-0.1, -0.05) is 31.1 Å². The van der Waals surface area contributed by atoms with E-state index in [4.69, 9.17) is 4.52 Å². The molecule has 0 aliphatic rings. The van der Waals surface area contributed by atoms with Crippen molar-refractivity contribution in [1.82, 2.24) is 15.0 Å². The molecule has 0 bridgehead atoms. The number of hydrogen-bond acceptors (Lipinski definition) is 4. The van der Waals surface area contributed by atoms with Gasteiger partial charge in [0.1, 0.15) is 0 Å². The molecule has 3 aromatic rings. The van der Waals surface area contributed by atoms with E-state index < -0.39 is 11.7 Å². The first-order valence-electron chi connectivity index (χ1n) is 8.76. The molecule has 0 unspecified atom stereocenters. The highest BCUT2D eigenvalue weighted by Gasteiger charge is 2.30. The van der Waals surface area contributed by atoms with Crippen molar-refractivity contribution in [2.24, 2.45) is 0 Å². The smallest absolute Gasteiger partial charge is 0.337 e. The summed E-state index contributed by atoms with van der Waals surface area (Å²) in [6.07, 6.45) is -4.39. The first kappa shape index (κ1) is 19.9. The summed E-state index contributed by atoms with van der Waals surface area (Å²) in [5.41, 5.74) is 1.86. The molecular weight excluding hydrogens is 371 g/mol. The first-order valence-corrected chi connectivity index (χ1v) is 8.76. The van der Waals surface area contributed by atoms with Gasteiger partial charge in [-0.15, -0.1) is 0 Å². The van der Waals surface area contributed by atoms with Crippen LogP contribution in [0.2, 0.25) is 0 Å². The van der Waals surface area contributed by atoms with Gasteiger partial charge in [0.25, 0.3) is 11.6 Å². The Balaban J connectivity index is 1.90. The van der Waals surface area contributed by atoms with E-state index in [1.54, 1.807) is 20.0 Å². The number of aryl methyl sites for hydroxylation is 1. The van der Waals surface area contributed by atoms with Crippen LogP contribution in [-0.4, -0.2) is 28.0 Å². The molecule has 148 valence electrons. The fourth-order valence-corrected chi connectivity index (χ4v) is 2.93. The molecule has 0 spiro atoms. The maximum atomic E-state index is 13.1. The Morgan fingerprint density at radius 1 is 1.21 bits per heavy atom. The Kier molecular flexibility index (Phi) is 5.14. The van der Waals surface area contributed by atoms with E-state index in [1.807, 2.05) is 13.8 Å². The number of pyridine rings is 1. The van der Waals surface area contributed by atoms with E-state index in [1.165, 1.54) is 17.0 Å². The highest BCUT2D eigenvalue weighted by atomic mass is 19.4.